The number of halogens is 5. The highest BCUT2D eigenvalue weighted by molar-refractivity contribution is 6.34. The molecule has 0 aromatic heterocycles. The smallest absolute Gasteiger partial charge is 0.348 e. The molecule has 1 amide bonds. The molecule has 3 nitrogen and oxygen atoms in total. The van der Waals surface area contributed by atoms with E-state index in [1.807, 2.05) is 24.3 Å². The Labute approximate surface area is 173 Å². The van der Waals surface area contributed by atoms with Gasteiger partial charge in [0.2, 0.25) is 0 Å². The van der Waals surface area contributed by atoms with Gasteiger partial charge >= 0.3 is 6.18 Å². The Bertz CT molecular complexity index is 825. The molecule has 0 bridgehead atoms. The number of nitrogens with zero attached hydrogens (tertiary/aromatic N) is 1. The van der Waals surface area contributed by atoms with Crippen molar-refractivity contribution in [3.63, 3.8) is 0 Å². The van der Waals surface area contributed by atoms with Crippen molar-refractivity contribution in [2.45, 2.75) is 31.6 Å². The summed E-state index contributed by atoms with van der Waals surface area (Å²) in [4.78, 5) is 14.6. The third kappa shape index (κ3) is 4.99. The minimum atomic E-state index is -4.60. The molecule has 1 atom stereocenters. The first kappa shape index (κ1) is 22.5. The molecule has 2 aromatic carbocycles. The summed E-state index contributed by atoms with van der Waals surface area (Å²) < 4.78 is 38.8. The van der Waals surface area contributed by atoms with Crippen molar-refractivity contribution in [3.05, 3.63) is 69.7 Å². The van der Waals surface area contributed by atoms with E-state index in [1.165, 1.54) is 24.1 Å². The van der Waals surface area contributed by atoms with E-state index in [-0.39, 0.29) is 24.5 Å². The van der Waals surface area contributed by atoms with Gasteiger partial charge in [0, 0.05) is 12.6 Å². The maximum atomic E-state index is 12.9. The molecule has 0 spiro atoms. The molecule has 2 aromatic rings. The highest BCUT2D eigenvalue weighted by atomic mass is 35.5. The molecule has 3 rings (SSSR count). The second kappa shape index (κ2) is 9.16. The van der Waals surface area contributed by atoms with Gasteiger partial charge in [0.25, 0.3) is 5.91 Å². The van der Waals surface area contributed by atoms with Gasteiger partial charge in [-0.25, -0.2) is 0 Å². The van der Waals surface area contributed by atoms with Crippen LogP contribution in [0.15, 0.2) is 42.5 Å². The van der Waals surface area contributed by atoms with E-state index in [1.54, 1.807) is 0 Å². The van der Waals surface area contributed by atoms with Gasteiger partial charge in [-0.1, -0.05) is 41.9 Å². The maximum absolute atomic E-state index is 12.9. The third-order valence-electron chi connectivity index (χ3n) is 4.89. The quantitative estimate of drug-likeness (QED) is 0.693. The van der Waals surface area contributed by atoms with Crippen LogP contribution >= 0.6 is 24.0 Å². The van der Waals surface area contributed by atoms with Crippen molar-refractivity contribution >= 4 is 29.9 Å². The van der Waals surface area contributed by atoms with Crippen LogP contribution in [0.1, 0.15) is 45.9 Å². The first-order valence-corrected chi connectivity index (χ1v) is 9.08. The lowest BCUT2D eigenvalue weighted by Crippen LogP contribution is -2.24. The lowest BCUT2D eigenvalue weighted by Gasteiger charge is -2.20. The van der Waals surface area contributed by atoms with E-state index in [0.717, 1.165) is 24.6 Å². The fraction of sp³-hybridized carbons (Fsp3) is 0.350. The van der Waals surface area contributed by atoms with E-state index >= 15 is 0 Å². The first-order chi connectivity index (χ1) is 12.8. The number of amides is 1. The SMILES string of the molecule is CN1CCCC1c1ccc(CNC(=O)c2cccc(C(F)(F)F)c2Cl)cc1.Cl. The zero-order valence-corrected chi connectivity index (χ0v) is 16.8. The maximum Gasteiger partial charge on any atom is 0.417 e. The van der Waals surface area contributed by atoms with Crippen LogP contribution in [0.5, 0.6) is 0 Å². The van der Waals surface area contributed by atoms with Crippen molar-refractivity contribution in [2.75, 3.05) is 13.6 Å². The predicted molar refractivity (Wildman–Crippen MR) is 106 cm³/mol. The Hall–Kier alpha value is -1.76. The number of rotatable bonds is 4. The van der Waals surface area contributed by atoms with Crippen molar-refractivity contribution < 1.29 is 18.0 Å². The number of carbonyl (C=O) groups excluding carboxylic acids is 1. The van der Waals surface area contributed by atoms with Crippen molar-refractivity contribution in [1.29, 1.82) is 0 Å². The Morgan fingerprint density at radius 3 is 2.46 bits per heavy atom. The fourth-order valence-corrected chi connectivity index (χ4v) is 3.71. The molecule has 0 radical (unpaired) electrons. The summed E-state index contributed by atoms with van der Waals surface area (Å²) in [6.07, 6.45) is -2.30. The molecule has 1 aliphatic rings. The summed E-state index contributed by atoms with van der Waals surface area (Å²) in [5.41, 5.74) is 0.902. The van der Waals surface area contributed by atoms with E-state index in [0.29, 0.717) is 6.04 Å². The van der Waals surface area contributed by atoms with Crippen molar-refractivity contribution in [2.24, 2.45) is 0 Å². The zero-order chi connectivity index (χ0) is 19.6. The monoisotopic (exact) mass is 432 g/mol. The normalized spacial score (nSPS) is 17.2. The predicted octanol–water partition coefficient (Wildman–Crippen LogP) is 5.48. The molecule has 0 saturated carbocycles. The van der Waals surface area contributed by atoms with E-state index in [2.05, 4.69) is 17.3 Å². The Morgan fingerprint density at radius 1 is 1.21 bits per heavy atom. The number of hydrogen-bond acceptors (Lipinski definition) is 2. The topological polar surface area (TPSA) is 32.3 Å². The average molecular weight is 433 g/mol. The molecule has 1 unspecified atom stereocenters. The van der Waals surface area contributed by atoms with Crippen LogP contribution in [-0.4, -0.2) is 24.4 Å². The Morgan fingerprint density at radius 2 is 1.89 bits per heavy atom. The van der Waals surface area contributed by atoms with Crippen molar-refractivity contribution in [1.82, 2.24) is 10.2 Å². The van der Waals surface area contributed by atoms with Crippen LogP contribution in [0.25, 0.3) is 0 Å². The van der Waals surface area contributed by atoms with Gasteiger partial charge in [-0.15, -0.1) is 12.4 Å². The minimum absolute atomic E-state index is 0. The standard InChI is InChI=1S/C20H20ClF3N2O.ClH/c1-26-11-3-6-17(26)14-9-7-13(8-10-14)12-25-19(27)15-4-2-5-16(18(15)21)20(22,23)24;/h2,4-5,7-10,17H,3,6,11-12H2,1H3,(H,25,27);1H. The molecule has 1 N–H and O–H groups in total. The molecule has 1 saturated heterocycles. The van der Waals surface area contributed by atoms with Crippen LogP contribution in [0, 0.1) is 0 Å². The lowest BCUT2D eigenvalue weighted by molar-refractivity contribution is -0.137. The van der Waals surface area contributed by atoms with Crippen LogP contribution in [0.2, 0.25) is 5.02 Å². The van der Waals surface area contributed by atoms with Gasteiger partial charge in [-0.05, 0) is 49.7 Å². The minimum Gasteiger partial charge on any atom is -0.348 e. The molecule has 0 aliphatic carbocycles. The summed E-state index contributed by atoms with van der Waals surface area (Å²) in [6.45, 7) is 1.30. The van der Waals surface area contributed by atoms with Gasteiger partial charge in [-0.2, -0.15) is 13.2 Å². The molecular formula is C20H21Cl2F3N2O. The Kier molecular flexibility index (Phi) is 7.37. The van der Waals surface area contributed by atoms with Crippen LogP contribution in [0.3, 0.4) is 0 Å². The van der Waals surface area contributed by atoms with Gasteiger partial charge in [-0.3, -0.25) is 9.69 Å². The number of likely N-dealkylation sites (tertiary alicyclic amines) is 1. The number of nitrogens with one attached hydrogen (secondary N) is 1. The fourth-order valence-electron chi connectivity index (χ4n) is 3.39. The van der Waals surface area contributed by atoms with Gasteiger partial charge < -0.3 is 5.32 Å². The lowest BCUT2D eigenvalue weighted by atomic mass is 10.0. The molecular weight excluding hydrogens is 412 g/mol. The molecule has 152 valence electrons. The second-order valence-electron chi connectivity index (χ2n) is 6.73. The van der Waals surface area contributed by atoms with Gasteiger partial charge in [0.05, 0.1) is 16.1 Å². The highest BCUT2D eigenvalue weighted by Gasteiger charge is 2.34. The van der Waals surface area contributed by atoms with Crippen LogP contribution < -0.4 is 5.32 Å². The summed E-state index contributed by atoms with van der Waals surface area (Å²) in [5.74, 6) is -0.634. The van der Waals surface area contributed by atoms with Gasteiger partial charge in [0.1, 0.15) is 0 Å². The van der Waals surface area contributed by atoms with E-state index in [4.69, 9.17) is 11.6 Å². The van der Waals surface area contributed by atoms with Gasteiger partial charge in [0.15, 0.2) is 0 Å². The Balaban J connectivity index is 0.00000280. The summed E-state index contributed by atoms with van der Waals surface area (Å²) in [5, 5.41) is 2.05. The summed E-state index contributed by atoms with van der Waals surface area (Å²) in [6, 6.07) is 11.7. The van der Waals surface area contributed by atoms with E-state index in [9.17, 15) is 18.0 Å². The molecule has 1 aliphatic heterocycles. The number of alkyl halides is 3. The average Bonchev–Trinajstić information content (AvgIpc) is 3.05. The van der Waals surface area contributed by atoms with E-state index < -0.39 is 22.7 Å². The van der Waals surface area contributed by atoms with Crippen molar-refractivity contribution in [3.8, 4) is 0 Å². The third-order valence-corrected chi connectivity index (χ3v) is 5.29. The molecule has 8 heteroatoms. The summed E-state index contributed by atoms with van der Waals surface area (Å²) >= 11 is 5.79. The molecule has 28 heavy (non-hydrogen) atoms. The second-order valence-corrected chi connectivity index (χ2v) is 7.11. The first-order valence-electron chi connectivity index (χ1n) is 8.70. The number of hydrogen-bond donors (Lipinski definition) is 1. The summed E-state index contributed by atoms with van der Waals surface area (Å²) in [7, 11) is 2.10. The molecule has 1 heterocycles. The van der Waals surface area contributed by atoms with Crippen LogP contribution in [-0.2, 0) is 12.7 Å². The molecule has 1 fully saturated rings. The number of carbonyl (C=O) groups is 1. The zero-order valence-electron chi connectivity index (χ0n) is 15.2. The number of benzene rings is 2. The largest absolute Gasteiger partial charge is 0.417 e. The van der Waals surface area contributed by atoms with Crippen LogP contribution in [0.4, 0.5) is 13.2 Å². The highest BCUT2D eigenvalue weighted by Crippen LogP contribution is 2.36.